The van der Waals surface area contributed by atoms with Crippen LogP contribution in [0.2, 0.25) is 0 Å². The standard InChI is InChI=1S/C31H23N.C26H22S/c1-22-11-13-23(14-12-22)24-15-17-25(18-16-24)26-19-20-31-29(21-26)28-9-5-6-10-30(28)32(31)27-7-3-2-4-8-27;1-19-8-6-7-11-25(19)27-26-18-24(13-12-20(26)2)23-16-14-22(15-17-23)21-9-4-3-5-10-21/h2-21H,1H3;3-18H,1-2H3. The Kier molecular flexibility index (Phi) is 10.8. The second-order valence-corrected chi connectivity index (χ2v) is 16.2. The van der Waals surface area contributed by atoms with Gasteiger partial charge in [-0.1, -0.05) is 193 Å². The molecule has 0 bridgehead atoms. The minimum absolute atomic E-state index is 1.19. The number of rotatable bonds is 7. The molecule has 284 valence electrons. The predicted molar refractivity (Wildman–Crippen MR) is 254 cm³/mol. The Hall–Kier alpha value is -6.87. The molecule has 1 nitrogen and oxygen atoms in total. The summed E-state index contributed by atoms with van der Waals surface area (Å²) in [5.74, 6) is 0. The number of benzene rings is 9. The second kappa shape index (κ2) is 16.9. The molecule has 0 amide bonds. The Morgan fingerprint density at radius 2 is 0.746 bits per heavy atom. The highest BCUT2D eigenvalue weighted by molar-refractivity contribution is 7.99. The first-order chi connectivity index (χ1) is 29.0. The Morgan fingerprint density at radius 3 is 1.39 bits per heavy atom. The molecule has 0 aliphatic rings. The molecule has 0 aliphatic heterocycles. The highest BCUT2D eigenvalue weighted by atomic mass is 32.2. The van der Waals surface area contributed by atoms with Crippen LogP contribution in [0.1, 0.15) is 16.7 Å². The molecule has 59 heavy (non-hydrogen) atoms. The third kappa shape index (κ3) is 8.14. The summed E-state index contributed by atoms with van der Waals surface area (Å²) in [5.41, 5.74) is 17.6. The molecule has 0 saturated heterocycles. The van der Waals surface area contributed by atoms with Crippen LogP contribution in [0.3, 0.4) is 0 Å². The Balaban J connectivity index is 0.000000155. The van der Waals surface area contributed by atoms with Crippen LogP contribution in [0.15, 0.2) is 228 Å². The van der Waals surface area contributed by atoms with Crippen LogP contribution in [-0.2, 0) is 0 Å². The van der Waals surface area contributed by atoms with Gasteiger partial charge in [0.2, 0.25) is 0 Å². The number of aromatic nitrogens is 1. The number of fused-ring (bicyclic) bond motifs is 3. The van der Waals surface area contributed by atoms with E-state index >= 15 is 0 Å². The minimum Gasteiger partial charge on any atom is -0.309 e. The SMILES string of the molecule is Cc1ccc(-c2ccc(-c3ccc4c(c3)c3ccccc3n4-c3ccccc3)cc2)cc1.Cc1ccccc1Sc1cc(-c2ccc(-c3ccccc3)cc2)ccc1C. The molecule has 0 saturated carbocycles. The fraction of sp³-hybridized carbons (Fsp3) is 0.0526. The van der Waals surface area contributed by atoms with Gasteiger partial charge in [-0.05, 0) is 119 Å². The van der Waals surface area contributed by atoms with Crippen LogP contribution in [0.5, 0.6) is 0 Å². The summed E-state index contributed by atoms with van der Waals surface area (Å²) >= 11 is 1.85. The highest BCUT2D eigenvalue weighted by Gasteiger charge is 2.13. The van der Waals surface area contributed by atoms with Gasteiger partial charge in [0.25, 0.3) is 0 Å². The molecule has 0 N–H and O–H groups in total. The molecule has 10 aromatic rings. The Labute approximate surface area is 352 Å². The van der Waals surface area contributed by atoms with Crippen LogP contribution in [0.25, 0.3) is 72.0 Å². The van der Waals surface area contributed by atoms with Crippen molar-refractivity contribution in [2.75, 3.05) is 0 Å². The number of nitrogens with zero attached hydrogens (tertiary/aromatic N) is 1. The van der Waals surface area contributed by atoms with Gasteiger partial charge >= 0.3 is 0 Å². The maximum Gasteiger partial charge on any atom is 0.0541 e. The lowest BCUT2D eigenvalue weighted by Crippen LogP contribution is -1.92. The summed E-state index contributed by atoms with van der Waals surface area (Å²) < 4.78 is 2.36. The number of aryl methyl sites for hydroxylation is 3. The lowest BCUT2D eigenvalue weighted by atomic mass is 9.98. The van der Waals surface area contributed by atoms with Gasteiger partial charge in [-0.3, -0.25) is 0 Å². The van der Waals surface area contributed by atoms with E-state index in [1.54, 1.807) is 0 Å². The van der Waals surface area contributed by atoms with Crippen molar-refractivity contribution in [3.8, 4) is 50.2 Å². The molecular weight excluding hydrogens is 731 g/mol. The fourth-order valence-electron chi connectivity index (χ4n) is 7.77. The van der Waals surface area contributed by atoms with Crippen LogP contribution >= 0.6 is 11.8 Å². The van der Waals surface area contributed by atoms with Crippen LogP contribution in [0, 0.1) is 20.8 Å². The van der Waals surface area contributed by atoms with E-state index in [0.29, 0.717) is 0 Å². The van der Waals surface area contributed by atoms with Crippen molar-refractivity contribution in [2.24, 2.45) is 0 Å². The summed E-state index contributed by atoms with van der Waals surface area (Å²) in [6.45, 7) is 6.48. The van der Waals surface area contributed by atoms with Crippen molar-refractivity contribution < 1.29 is 0 Å². The molecular formula is C57H45NS. The minimum atomic E-state index is 1.19. The van der Waals surface area contributed by atoms with E-state index in [4.69, 9.17) is 0 Å². The van der Waals surface area contributed by atoms with Gasteiger partial charge in [0.05, 0.1) is 11.0 Å². The molecule has 10 rings (SSSR count). The fourth-order valence-corrected chi connectivity index (χ4v) is 8.80. The van der Waals surface area contributed by atoms with Crippen LogP contribution in [-0.4, -0.2) is 4.57 Å². The number of hydrogen-bond acceptors (Lipinski definition) is 1. The third-order valence-electron chi connectivity index (χ3n) is 11.1. The van der Waals surface area contributed by atoms with Crippen molar-refractivity contribution >= 4 is 33.6 Å². The van der Waals surface area contributed by atoms with Gasteiger partial charge in [0.15, 0.2) is 0 Å². The van der Waals surface area contributed by atoms with E-state index < -0.39 is 0 Å². The highest BCUT2D eigenvalue weighted by Crippen LogP contribution is 2.37. The van der Waals surface area contributed by atoms with Crippen molar-refractivity contribution in [2.45, 2.75) is 30.6 Å². The van der Waals surface area contributed by atoms with Gasteiger partial charge in [-0.25, -0.2) is 0 Å². The summed E-state index contributed by atoms with van der Waals surface area (Å²) in [6.07, 6.45) is 0. The van der Waals surface area contributed by atoms with E-state index in [1.165, 1.54) is 98.5 Å². The Bertz CT molecular complexity index is 3000. The monoisotopic (exact) mass is 775 g/mol. The quantitative estimate of drug-likeness (QED) is 0.156. The van der Waals surface area contributed by atoms with E-state index in [1.807, 2.05) is 11.8 Å². The zero-order chi connectivity index (χ0) is 40.1. The van der Waals surface area contributed by atoms with E-state index in [-0.39, 0.29) is 0 Å². The van der Waals surface area contributed by atoms with E-state index in [0.717, 1.165) is 0 Å². The molecule has 9 aromatic carbocycles. The summed E-state index contributed by atoms with van der Waals surface area (Å²) in [4.78, 5) is 2.63. The van der Waals surface area contributed by atoms with Gasteiger partial charge in [-0.2, -0.15) is 0 Å². The van der Waals surface area contributed by atoms with Crippen molar-refractivity contribution in [1.29, 1.82) is 0 Å². The first kappa shape index (κ1) is 37.7. The molecule has 1 heterocycles. The van der Waals surface area contributed by atoms with E-state index in [9.17, 15) is 0 Å². The molecule has 0 spiro atoms. The van der Waals surface area contributed by atoms with Gasteiger partial charge in [0.1, 0.15) is 0 Å². The Morgan fingerprint density at radius 1 is 0.305 bits per heavy atom. The molecule has 2 heteroatoms. The van der Waals surface area contributed by atoms with Crippen molar-refractivity contribution in [3.05, 3.63) is 235 Å². The topological polar surface area (TPSA) is 4.93 Å². The average molecular weight is 776 g/mol. The first-order valence-corrected chi connectivity index (χ1v) is 21.1. The largest absolute Gasteiger partial charge is 0.309 e. The molecule has 0 radical (unpaired) electrons. The zero-order valence-corrected chi connectivity index (χ0v) is 34.5. The predicted octanol–water partition coefficient (Wildman–Crippen LogP) is 16.2. The summed E-state index contributed by atoms with van der Waals surface area (Å²) in [7, 11) is 0. The summed E-state index contributed by atoms with van der Waals surface area (Å²) in [6, 6.07) is 78.4. The molecule has 1 aromatic heterocycles. The van der Waals surface area contributed by atoms with Crippen LogP contribution < -0.4 is 0 Å². The second-order valence-electron chi connectivity index (χ2n) is 15.2. The molecule has 0 unspecified atom stereocenters. The molecule has 0 atom stereocenters. The molecule has 0 fully saturated rings. The summed E-state index contributed by atoms with van der Waals surface area (Å²) in [5, 5.41) is 2.56. The first-order valence-electron chi connectivity index (χ1n) is 20.2. The zero-order valence-electron chi connectivity index (χ0n) is 33.6. The van der Waals surface area contributed by atoms with Gasteiger partial charge < -0.3 is 4.57 Å². The normalized spacial score (nSPS) is 11.0. The number of hydrogen-bond donors (Lipinski definition) is 0. The van der Waals surface area contributed by atoms with Crippen LogP contribution in [0.4, 0.5) is 0 Å². The van der Waals surface area contributed by atoms with Crippen molar-refractivity contribution in [3.63, 3.8) is 0 Å². The maximum atomic E-state index is 2.36. The maximum absolute atomic E-state index is 2.36. The third-order valence-corrected chi connectivity index (χ3v) is 12.5. The van der Waals surface area contributed by atoms with Gasteiger partial charge in [-0.15, -0.1) is 0 Å². The van der Waals surface area contributed by atoms with Crippen molar-refractivity contribution in [1.82, 2.24) is 4.57 Å². The lowest BCUT2D eigenvalue weighted by molar-refractivity contribution is 1.18. The number of para-hydroxylation sites is 2. The smallest absolute Gasteiger partial charge is 0.0541 e. The molecule has 0 aliphatic carbocycles. The lowest BCUT2D eigenvalue weighted by Gasteiger charge is -2.11. The van der Waals surface area contributed by atoms with Gasteiger partial charge in [0, 0.05) is 26.3 Å². The average Bonchev–Trinajstić information content (AvgIpc) is 3.63. The van der Waals surface area contributed by atoms with E-state index in [2.05, 4.69) is 244 Å².